The lowest BCUT2D eigenvalue weighted by Crippen LogP contribution is -2.16. The molecule has 0 unspecified atom stereocenters. The van der Waals surface area contributed by atoms with Gasteiger partial charge in [-0.25, -0.2) is 0 Å². The van der Waals surface area contributed by atoms with Crippen molar-refractivity contribution in [3.63, 3.8) is 0 Å². The number of aryl methyl sites for hydroxylation is 2. The maximum absolute atomic E-state index is 11.0. The minimum absolute atomic E-state index is 0.159. The molecule has 0 saturated heterocycles. The number of benzene rings is 1. The Morgan fingerprint density at radius 2 is 2.12 bits per heavy atom. The topological polar surface area (TPSA) is 78.9 Å². The lowest BCUT2D eigenvalue weighted by atomic mass is 10.1. The fourth-order valence-corrected chi connectivity index (χ4v) is 1.65. The molecule has 0 spiro atoms. The van der Waals surface area contributed by atoms with Crippen LogP contribution in [0.15, 0.2) is 28.8 Å². The van der Waals surface area contributed by atoms with Crippen molar-refractivity contribution in [1.82, 2.24) is 0 Å². The van der Waals surface area contributed by atoms with Crippen molar-refractivity contribution in [2.45, 2.75) is 13.8 Å². The third kappa shape index (κ3) is 3.26. The molecule has 0 fully saturated rings. The van der Waals surface area contributed by atoms with Crippen molar-refractivity contribution in [2.75, 3.05) is 5.32 Å². The van der Waals surface area contributed by atoms with Crippen LogP contribution in [-0.4, -0.2) is 5.91 Å². The number of carbonyl (C=O) groups excluding carboxylic acids is 1. The van der Waals surface area contributed by atoms with Gasteiger partial charge in [-0.05, 0) is 25.5 Å². The Kier molecular flexibility index (Phi) is 4.18. The molecule has 0 atom stereocenters. The number of nitrogens with one attached hydrogen (secondary N) is 1. The molecule has 17 heavy (non-hydrogen) atoms. The first-order chi connectivity index (χ1) is 7.95. The minimum Gasteiger partial charge on any atom is -0.365 e. The molecule has 0 saturated carbocycles. The molecule has 1 aromatic rings. The van der Waals surface area contributed by atoms with E-state index >= 15 is 0 Å². The highest BCUT2D eigenvalue weighted by Crippen LogP contribution is 2.20. The van der Waals surface area contributed by atoms with Crippen LogP contribution in [0, 0.1) is 25.2 Å². The van der Waals surface area contributed by atoms with E-state index in [1.54, 1.807) is 6.07 Å². The second-order valence-electron chi connectivity index (χ2n) is 3.64. The Balaban J connectivity index is 3.07. The molecule has 0 aliphatic rings. The molecule has 0 aliphatic carbocycles. The van der Waals surface area contributed by atoms with Crippen LogP contribution in [0.2, 0.25) is 0 Å². The average molecular weight is 247 g/mol. The van der Waals surface area contributed by atoms with Crippen molar-refractivity contribution in [2.24, 2.45) is 5.73 Å². The van der Waals surface area contributed by atoms with Gasteiger partial charge in [0.15, 0.2) is 0 Å². The standard InChI is InChI=1S/C12H13N3OS/c1-7-3-4-10(8(2)5-7)15-12(17)9(6-13)11(14)16/h3-5,15,17H,1-2H3,(H2,14,16)/b12-9-. The number of primary amides is 1. The molecular formula is C12H13N3OS. The molecule has 1 amide bonds. The molecule has 1 aromatic carbocycles. The maximum Gasteiger partial charge on any atom is 0.262 e. The van der Waals surface area contributed by atoms with Gasteiger partial charge in [0.25, 0.3) is 5.91 Å². The van der Waals surface area contributed by atoms with Crippen molar-refractivity contribution >= 4 is 24.2 Å². The lowest BCUT2D eigenvalue weighted by molar-refractivity contribution is -0.114. The lowest BCUT2D eigenvalue weighted by Gasteiger charge is -2.10. The van der Waals surface area contributed by atoms with Crippen LogP contribution in [0.3, 0.4) is 0 Å². The van der Waals surface area contributed by atoms with Crippen LogP contribution in [0.25, 0.3) is 0 Å². The van der Waals surface area contributed by atoms with Gasteiger partial charge in [-0.15, -0.1) is 12.6 Å². The van der Waals surface area contributed by atoms with E-state index in [0.29, 0.717) is 0 Å². The van der Waals surface area contributed by atoms with Crippen molar-refractivity contribution in [1.29, 1.82) is 5.26 Å². The zero-order chi connectivity index (χ0) is 13.0. The first-order valence-electron chi connectivity index (χ1n) is 4.93. The van der Waals surface area contributed by atoms with Crippen molar-refractivity contribution in [3.05, 3.63) is 39.9 Å². The van der Waals surface area contributed by atoms with Crippen LogP contribution < -0.4 is 11.1 Å². The number of carbonyl (C=O) groups is 1. The molecule has 88 valence electrons. The monoisotopic (exact) mass is 247 g/mol. The van der Waals surface area contributed by atoms with E-state index in [9.17, 15) is 4.79 Å². The maximum atomic E-state index is 11.0. The third-order valence-corrected chi connectivity index (χ3v) is 2.57. The summed E-state index contributed by atoms with van der Waals surface area (Å²) in [6.07, 6.45) is 0. The number of thiol groups is 1. The van der Waals surface area contributed by atoms with Gasteiger partial charge in [0.1, 0.15) is 11.6 Å². The largest absolute Gasteiger partial charge is 0.365 e. The summed E-state index contributed by atoms with van der Waals surface area (Å²) in [5.41, 5.74) is 7.79. The molecule has 0 aliphatic heterocycles. The summed E-state index contributed by atoms with van der Waals surface area (Å²) in [6.45, 7) is 3.91. The quantitative estimate of drug-likeness (QED) is 0.433. The summed E-state index contributed by atoms with van der Waals surface area (Å²) in [5, 5.41) is 11.8. The normalized spacial score (nSPS) is 11.4. The van der Waals surface area contributed by atoms with E-state index in [4.69, 9.17) is 11.0 Å². The molecule has 4 nitrogen and oxygen atoms in total. The number of nitriles is 1. The molecular weight excluding hydrogens is 234 g/mol. The Hall–Kier alpha value is -1.93. The fraction of sp³-hybridized carbons (Fsp3) is 0.167. The van der Waals surface area contributed by atoms with Gasteiger partial charge in [-0.2, -0.15) is 5.26 Å². The summed E-state index contributed by atoms with van der Waals surface area (Å²) < 4.78 is 0. The van der Waals surface area contributed by atoms with Crippen molar-refractivity contribution < 1.29 is 4.79 Å². The van der Waals surface area contributed by atoms with E-state index in [2.05, 4.69) is 17.9 Å². The van der Waals surface area contributed by atoms with Crippen molar-refractivity contribution in [3.8, 4) is 6.07 Å². The molecule has 1 rings (SSSR count). The molecule has 0 bridgehead atoms. The third-order valence-electron chi connectivity index (χ3n) is 2.23. The van der Waals surface area contributed by atoms with Gasteiger partial charge in [-0.3, -0.25) is 4.79 Å². The number of rotatable bonds is 3. The van der Waals surface area contributed by atoms with Gasteiger partial charge in [0.05, 0.1) is 5.03 Å². The Morgan fingerprint density at radius 3 is 2.59 bits per heavy atom. The second-order valence-corrected chi connectivity index (χ2v) is 4.09. The summed E-state index contributed by atoms with van der Waals surface area (Å²) in [7, 11) is 0. The average Bonchev–Trinajstić information content (AvgIpc) is 2.22. The highest BCUT2D eigenvalue weighted by molar-refractivity contribution is 7.84. The van der Waals surface area contributed by atoms with Crippen LogP contribution in [-0.2, 0) is 4.79 Å². The van der Waals surface area contributed by atoms with E-state index < -0.39 is 5.91 Å². The first-order valence-corrected chi connectivity index (χ1v) is 5.38. The van der Waals surface area contributed by atoms with Crippen LogP contribution in [0.1, 0.15) is 11.1 Å². The van der Waals surface area contributed by atoms with E-state index in [1.807, 2.05) is 32.0 Å². The molecule has 3 N–H and O–H groups in total. The molecule has 0 aromatic heterocycles. The predicted molar refractivity (Wildman–Crippen MR) is 70.4 cm³/mol. The minimum atomic E-state index is -0.797. The zero-order valence-electron chi connectivity index (χ0n) is 9.61. The number of nitrogens with zero attached hydrogens (tertiary/aromatic N) is 1. The second kappa shape index (κ2) is 5.41. The zero-order valence-corrected chi connectivity index (χ0v) is 10.5. The summed E-state index contributed by atoms with van der Waals surface area (Å²) >= 11 is 4.07. The van der Waals surface area contributed by atoms with Gasteiger partial charge in [-0.1, -0.05) is 17.7 Å². The van der Waals surface area contributed by atoms with Gasteiger partial charge in [0, 0.05) is 5.69 Å². The highest BCUT2D eigenvalue weighted by Gasteiger charge is 2.10. The molecule has 0 heterocycles. The Labute approximate surface area is 106 Å². The van der Waals surface area contributed by atoms with Gasteiger partial charge in [0.2, 0.25) is 0 Å². The Morgan fingerprint density at radius 1 is 1.47 bits per heavy atom. The summed E-state index contributed by atoms with van der Waals surface area (Å²) in [5.74, 6) is -0.797. The first kappa shape index (κ1) is 13.1. The fourth-order valence-electron chi connectivity index (χ4n) is 1.37. The van der Waals surface area contributed by atoms with Crippen LogP contribution >= 0.6 is 12.6 Å². The highest BCUT2D eigenvalue weighted by atomic mass is 32.1. The summed E-state index contributed by atoms with van der Waals surface area (Å²) in [6, 6.07) is 7.49. The number of nitrogens with two attached hydrogens (primary N) is 1. The van der Waals surface area contributed by atoms with Gasteiger partial charge >= 0.3 is 0 Å². The number of hydrogen-bond acceptors (Lipinski definition) is 4. The smallest absolute Gasteiger partial charge is 0.262 e. The SMILES string of the molecule is Cc1ccc(N/C(S)=C(\C#N)C(N)=O)c(C)c1. The Bertz CT molecular complexity index is 529. The van der Waals surface area contributed by atoms with E-state index in [0.717, 1.165) is 16.8 Å². The summed E-state index contributed by atoms with van der Waals surface area (Å²) in [4.78, 5) is 11.0. The van der Waals surface area contributed by atoms with Gasteiger partial charge < -0.3 is 11.1 Å². The van der Waals surface area contributed by atoms with Crippen LogP contribution in [0.4, 0.5) is 5.69 Å². The predicted octanol–water partition coefficient (Wildman–Crippen LogP) is 1.87. The van der Waals surface area contributed by atoms with Crippen LogP contribution in [0.5, 0.6) is 0 Å². The number of anilines is 1. The number of amides is 1. The van der Waals surface area contributed by atoms with E-state index in [-0.39, 0.29) is 10.6 Å². The van der Waals surface area contributed by atoms with E-state index in [1.165, 1.54) is 0 Å². The molecule has 0 radical (unpaired) electrons. The number of hydrogen-bond donors (Lipinski definition) is 3. The molecule has 5 heteroatoms.